The lowest BCUT2D eigenvalue weighted by Gasteiger charge is -2.07. The normalized spacial score (nSPS) is 12.2. The number of nitrogens with zero attached hydrogens (tertiary/aromatic N) is 1. The quantitative estimate of drug-likeness (QED) is 0.215. The Morgan fingerprint density at radius 1 is 0.395 bits per heavy atom. The molecule has 0 fully saturated rings. The Labute approximate surface area is 245 Å². The summed E-state index contributed by atoms with van der Waals surface area (Å²) in [5, 5.41) is 9.24. The smallest absolute Gasteiger partial charge is 0.147 e. The molecule has 3 heteroatoms. The number of rotatable bonds is 2. The molecular formula is C40H23NO2. The van der Waals surface area contributed by atoms with Crippen molar-refractivity contribution in [2.75, 3.05) is 0 Å². The van der Waals surface area contributed by atoms with Gasteiger partial charge in [0.25, 0.3) is 0 Å². The van der Waals surface area contributed by atoms with Crippen molar-refractivity contribution in [3.8, 4) is 16.8 Å². The molecule has 0 aliphatic carbocycles. The molecule has 0 bridgehead atoms. The van der Waals surface area contributed by atoms with E-state index in [9.17, 15) is 0 Å². The van der Waals surface area contributed by atoms with Gasteiger partial charge >= 0.3 is 0 Å². The van der Waals surface area contributed by atoms with Crippen molar-refractivity contribution >= 4 is 76.5 Å². The highest BCUT2D eigenvalue weighted by atomic mass is 16.3. The predicted octanol–water partition coefficient (Wildman–Crippen LogP) is 11.4. The molecule has 0 saturated heterocycles. The Morgan fingerprint density at radius 2 is 1.05 bits per heavy atom. The van der Waals surface area contributed by atoms with Crippen LogP contribution >= 0.6 is 0 Å². The molecule has 0 N–H and O–H groups in total. The van der Waals surface area contributed by atoms with Crippen LogP contribution in [0, 0.1) is 0 Å². The summed E-state index contributed by atoms with van der Waals surface area (Å²) in [5.74, 6) is 0. The highest BCUT2D eigenvalue weighted by Gasteiger charge is 2.18. The maximum absolute atomic E-state index is 6.61. The van der Waals surface area contributed by atoms with Gasteiger partial charge in [0.05, 0.1) is 16.4 Å². The molecule has 0 spiro atoms. The highest BCUT2D eigenvalue weighted by molar-refractivity contribution is 6.22. The number of furan rings is 2. The van der Waals surface area contributed by atoms with Gasteiger partial charge in [-0.05, 0) is 82.6 Å². The molecule has 0 atom stereocenters. The highest BCUT2D eigenvalue weighted by Crippen LogP contribution is 2.42. The van der Waals surface area contributed by atoms with Crippen LogP contribution in [-0.2, 0) is 0 Å². The van der Waals surface area contributed by atoms with Gasteiger partial charge in [-0.2, -0.15) is 0 Å². The van der Waals surface area contributed by atoms with Crippen LogP contribution in [0.2, 0.25) is 0 Å². The van der Waals surface area contributed by atoms with E-state index in [1.54, 1.807) is 0 Å². The van der Waals surface area contributed by atoms with Gasteiger partial charge < -0.3 is 13.4 Å². The fraction of sp³-hybridized carbons (Fsp3) is 0. The minimum atomic E-state index is 0.833. The van der Waals surface area contributed by atoms with Crippen LogP contribution in [-0.4, -0.2) is 4.57 Å². The van der Waals surface area contributed by atoms with E-state index in [1.165, 1.54) is 38.1 Å². The van der Waals surface area contributed by atoms with Gasteiger partial charge in [-0.15, -0.1) is 0 Å². The van der Waals surface area contributed by atoms with Crippen molar-refractivity contribution in [1.82, 2.24) is 4.57 Å². The average Bonchev–Trinajstić information content (AvgIpc) is 3.73. The largest absolute Gasteiger partial charge is 0.456 e. The van der Waals surface area contributed by atoms with Crippen LogP contribution in [0.25, 0.3) is 93.3 Å². The molecule has 0 amide bonds. The molecule has 0 unspecified atom stereocenters. The zero-order valence-corrected chi connectivity index (χ0v) is 23.0. The summed E-state index contributed by atoms with van der Waals surface area (Å²) in [6.45, 7) is 0. The van der Waals surface area contributed by atoms with Gasteiger partial charge in [-0.1, -0.05) is 78.9 Å². The lowest BCUT2D eigenvalue weighted by atomic mass is 9.99. The van der Waals surface area contributed by atoms with Crippen molar-refractivity contribution in [2.45, 2.75) is 0 Å². The zero-order valence-electron chi connectivity index (χ0n) is 23.0. The zero-order chi connectivity index (χ0) is 28.1. The maximum Gasteiger partial charge on any atom is 0.147 e. The summed E-state index contributed by atoms with van der Waals surface area (Å²) in [4.78, 5) is 0. The van der Waals surface area contributed by atoms with Gasteiger partial charge in [-0.25, -0.2) is 0 Å². The minimum absolute atomic E-state index is 0.833. The van der Waals surface area contributed by atoms with Crippen molar-refractivity contribution in [3.63, 3.8) is 0 Å². The van der Waals surface area contributed by atoms with Crippen LogP contribution in [0.15, 0.2) is 148 Å². The summed E-state index contributed by atoms with van der Waals surface area (Å²) in [5.41, 5.74) is 9.26. The van der Waals surface area contributed by atoms with Crippen LogP contribution in [0.5, 0.6) is 0 Å². The van der Waals surface area contributed by atoms with E-state index < -0.39 is 0 Å². The summed E-state index contributed by atoms with van der Waals surface area (Å²) in [6.07, 6.45) is 0. The first-order chi connectivity index (χ1) is 21.3. The third-order valence-corrected chi connectivity index (χ3v) is 8.97. The van der Waals surface area contributed by atoms with Crippen LogP contribution in [0.1, 0.15) is 0 Å². The molecule has 10 aromatic rings. The maximum atomic E-state index is 6.61. The molecule has 0 aliphatic rings. The Morgan fingerprint density at radius 3 is 1.88 bits per heavy atom. The van der Waals surface area contributed by atoms with Gasteiger partial charge in [0.15, 0.2) is 0 Å². The molecule has 7 aromatic carbocycles. The van der Waals surface area contributed by atoms with E-state index in [2.05, 4.69) is 144 Å². The molecule has 3 heterocycles. The first-order valence-corrected chi connectivity index (χ1v) is 14.6. The molecule has 0 aliphatic heterocycles. The average molecular weight is 550 g/mol. The number of fused-ring (bicyclic) bond motifs is 11. The van der Waals surface area contributed by atoms with E-state index in [0.717, 1.165) is 55.1 Å². The first kappa shape index (κ1) is 22.8. The molecule has 0 saturated carbocycles. The van der Waals surface area contributed by atoms with E-state index in [4.69, 9.17) is 8.83 Å². The Bertz CT molecular complexity index is 2680. The minimum Gasteiger partial charge on any atom is -0.456 e. The van der Waals surface area contributed by atoms with Crippen LogP contribution in [0.3, 0.4) is 0 Å². The van der Waals surface area contributed by atoms with E-state index >= 15 is 0 Å². The number of para-hydroxylation sites is 2. The van der Waals surface area contributed by atoms with Crippen molar-refractivity contribution < 1.29 is 8.83 Å². The lowest BCUT2D eigenvalue weighted by molar-refractivity contribution is 0.663. The van der Waals surface area contributed by atoms with Gasteiger partial charge in [0.2, 0.25) is 0 Å². The molecule has 0 radical (unpaired) electrons. The van der Waals surface area contributed by atoms with Crippen molar-refractivity contribution in [2.24, 2.45) is 0 Å². The first-order valence-electron chi connectivity index (χ1n) is 14.6. The number of aromatic nitrogens is 1. The molecular weight excluding hydrogens is 526 g/mol. The SMILES string of the molecule is c1ccc2cc(-c3ccc4oc5ccc6c7cc(-n8c9ccccc9c9ccccc98)ccc7oc6c5c4c3)ccc2c1. The lowest BCUT2D eigenvalue weighted by Crippen LogP contribution is -1.93. The fourth-order valence-electron chi connectivity index (χ4n) is 6.97. The Kier molecular flexibility index (Phi) is 4.45. The summed E-state index contributed by atoms with van der Waals surface area (Å²) >= 11 is 0. The number of benzene rings is 7. The second-order valence-electron chi connectivity index (χ2n) is 11.3. The summed E-state index contributed by atoms with van der Waals surface area (Å²) in [6, 6.07) is 49.5. The monoisotopic (exact) mass is 549 g/mol. The van der Waals surface area contributed by atoms with Crippen molar-refractivity contribution in [3.05, 3.63) is 140 Å². The summed E-state index contributed by atoms with van der Waals surface area (Å²) < 4.78 is 15.3. The second kappa shape index (κ2) is 8.37. The van der Waals surface area contributed by atoms with Crippen molar-refractivity contribution in [1.29, 1.82) is 0 Å². The third kappa shape index (κ3) is 3.19. The van der Waals surface area contributed by atoms with Gasteiger partial charge in [-0.3, -0.25) is 0 Å². The fourth-order valence-corrected chi connectivity index (χ4v) is 6.97. The predicted molar refractivity (Wildman–Crippen MR) is 178 cm³/mol. The second-order valence-corrected chi connectivity index (χ2v) is 11.3. The third-order valence-electron chi connectivity index (χ3n) is 8.97. The Balaban J connectivity index is 1.21. The van der Waals surface area contributed by atoms with E-state index in [1.807, 2.05) is 0 Å². The number of hydrogen-bond acceptors (Lipinski definition) is 2. The molecule has 10 rings (SSSR count). The summed E-state index contributed by atoms with van der Waals surface area (Å²) in [7, 11) is 0. The van der Waals surface area contributed by atoms with Crippen LogP contribution in [0.4, 0.5) is 0 Å². The standard InChI is InChI=1S/C40H23NO2/c1-2-8-25-21-26(14-13-24(25)7-1)27-15-18-37-33(22-27)39-38(42-37)20-17-31-32-23-28(16-19-36(32)43-40(31)39)41-34-11-5-3-9-29(34)30-10-4-6-12-35(30)41/h1-23H. The molecule has 43 heavy (non-hydrogen) atoms. The number of hydrogen-bond donors (Lipinski definition) is 0. The molecule has 3 aromatic heterocycles. The molecule has 200 valence electrons. The molecule has 3 nitrogen and oxygen atoms in total. The van der Waals surface area contributed by atoms with E-state index in [0.29, 0.717) is 0 Å². The van der Waals surface area contributed by atoms with Gasteiger partial charge in [0, 0.05) is 32.6 Å². The van der Waals surface area contributed by atoms with E-state index in [-0.39, 0.29) is 0 Å². The van der Waals surface area contributed by atoms with Crippen LogP contribution < -0.4 is 0 Å². The topological polar surface area (TPSA) is 31.2 Å². The Hall–Kier alpha value is -5.80. The van der Waals surface area contributed by atoms with Gasteiger partial charge in [0.1, 0.15) is 22.3 Å².